The summed E-state index contributed by atoms with van der Waals surface area (Å²) in [7, 11) is 9.97. The van der Waals surface area contributed by atoms with Crippen molar-refractivity contribution in [1.82, 2.24) is 9.80 Å². The first-order valence-corrected chi connectivity index (χ1v) is 20.0. The molecule has 0 aliphatic carbocycles. The number of methoxy groups -OCH3 is 6. The lowest BCUT2D eigenvalue weighted by Crippen LogP contribution is -2.39. The highest BCUT2D eigenvalue weighted by Crippen LogP contribution is 2.43. The molecule has 5 aromatic carbocycles. The van der Waals surface area contributed by atoms with Crippen molar-refractivity contribution in [3.8, 4) is 34.5 Å². The van der Waals surface area contributed by atoms with E-state index in [1.54, 1.807) is 42.7 Å². The zero-order valence-electron chi connectivity index (χ0n) is 34.9. The van der Waals surface area contributed by atoms with E-state index >= 15 is 0 Å². The van der Waals surface area contributed by atoms with Gasteiger partial charge in [0, 0.05) is 50.2 Å². The van der Waals surface area contributed by atoms with Gasteiger partial charge in [-0.25, -0.2) is 0 Å². The molecule has 11 heteroatoms. The molecule has 4 atom stereocenters. The van der Waals surface area contributed by atoms with Crippen LogP contribution in [0, 0.1) is 0 Å². The van der Waals surface area contributed by atoms with Gasteiger partial charge >= 0.3 is 0 Å². The molecule has 0 aromatic heterocycles. The molecule has 11 nitrogen and oxygen atoms in total. The van der Waals surface area contributed by atoms with E-state index in [4.69, 9.17) is 42.6 Å². The van der Waals surface area contributed by atoms with Crippen molar-refractivity contribution < 1.29 is 42.6 Å². The van der Waals surface area contributed by atoms with Gasteiger partial charge < -0.3 is 42.6 Å². The summed E-state index contributed by atoms with van der Waals surface area (Å²) in [5.41, 5.74) is 5.25. The Hall–Kier alpha value is -5.30. The molecule has 2 unspecified atom stereocenters. The lowest BCUT2D eigenvalue weighted by molar-refractivity contribution is -0.0785. The van der Waals surface area contributed by atoms with E-state index in [2.05, 4.69) is 70.5 Å². The van der Waals surface area contributed by atoms with Crippen molar-refractivity contribution in [2.24, 2.45) is 0 Å². The molecular weight excluding hydrogens is 749 g/mol. The van der Waals surface area contributed by atoms with Crippen molar-refractivity contribution in [2.75, 3.05) is 55.9 Å². The molecule has 0 saturated carbocycles. The molecule has 2 aliphatic rings. The van der Waals surface area contributed by atoms with Gasteiger partial charge in [-0.15, -0.1) is 0 Å². The van der Waals surface area contributed by atoms with Crippen molar-refractivity contribution in [3.05, 3.63) is 143 Å². The zero-order valence-corrected chi connectivity index (χ0v) is 34.9. The average molecular weight is 805 g/mol. The van der Waals surface area contributed by atoms with Crippen LogP contribution in [0.25, 0.3) is 0 Å². The summed E-state index contributed by atoms with van der Waals surface area (Å²) in [6, 6.07) is 38.8. The second-order valence-corrected chi connectivity index (χ2v) is 14.7. The van der Waals surface area contributed by atoms with E-state index in [-0.39, 0.29) is 30.6 Å². The number of hydrogen-bond acceptors (Lipinski definition) is 11. The van der Waals surface area contributed by atoms with E-state index in [1.807, 2.05) is 54.6 Å². The fourth-order valence-electron chi connectivity index (χ4n) is 8.25. The van der Waals surface area contributed by atoms with E-state index in [0.717, 1.165) is 16.7 Å². The van der Waals surface area contributed by atoms with Crippen LogP contribution in [0.1, 0.15) is 52.7 Å². The third-order valence-electron chi connectivity index (χ3n) is 11.4. The van der Waals surface area contributed by atoms with Crippen LogP contribution in [0.15, 0.2) is 115 Å². The molecule has 0 bridgehead atoms. The molecular formula is C48H56N2O9. The number of hydrogen-bond donors (Lipinski definition) is 0. The summed E-state index contributed by atoms with van der Waals surface area (Å²) in [4.78, 5) is 4.79. The number of rotatable bonds is 19. The van der Waals surface area contributed by atoms with Crippen molar-refractivity contribution in [1.29, 1.82) is 0 Å². The Morgan fingerprint density at radius 1 is 0.508 bits per heavy atom. The minimum absolute atomic E-state index is 0.0239. The van der Waals surface area contributed by atoms with Crippen LogP contribution in [0.5, 0.6) is 34.5 Å². The van der Waals surface area contributed by atoms with E-state index in [1.165, 1.54) is 11.1 Å². The predicted octanol–water partition coefficient (Wildman–Crippen LogP) is 8.60. The van der Waals surface area contributed by atoms with Gasteiger partial charge in [-0.1, -0.05) is 91.0 Å². The Bertz CT molecular complexity index is 1890. The number of nitrogens with zero attached hydrogens (tertiary/aromatic N) is 2. The molecule has 2 saturated heterocycles. The standard InChI is InChI=1S/C48H56N2O9/c1-51-36-22-43(53-3)39(44(23-36)54-4)28-49-41(34-18-12-8-13-19-34)31-58-47(49)26-38(57-30-33-16-10-7-11-17-33)27-48-50(42(32-59-48)35-20-14-9-15-21-35)29-40-45(55-5)24-37(52-2)25-46(40)56-6/h7-25,38,41-42,47-48H,26-32H2,1-6H3/t38?,41-,42-,47?,48?/m0/s1. The van der Waals surface area contributed by atoms with Gasteiger partial charge in [-0.3, -0.25) is 9.80 Å². The molecule has 0 spiro atoms. The van der Waals surface area contributed by atoms with Crippen molar-refractivity contribution in [2.45, 2.75) is 63.2 Å². The zero-order chi connectivity index (χ0) is 41.1. The van der Waals surface area contributed by atoms with Gasteiger partial charge in [0.05, 0.1) is 91.8 Å². The molecule has 2 fully saturated rings. The summed E-state index contributed by atoms with van der Waals surface area (Å²) >= 11 is 0. The summed E-state index contributed by atoms with van der Waals surface area (Å²) in [5.74, 6) is 4.04. The molecule has 0 amide bonds. The van der Waals surface area contributed by atoms with Crippen LogP contribution in [0.3, 0.4) is 0 Å². The van der Waals surface area contributed by atoms with Gasteiger partial charge in [0.15, 0.2) is 0 Å². The molecule has 0 N–H and O–H groups in total. The van der Waals surface area contributed by atoms with Gasteiger partial charge in [-0.2, -0.15) is 0 Å². The van der Waals surface area contributed by atoms with Crippen LogP contribution in [0.4, 0.5) is 0 Å². The summed E-state index contributed by atoms with van der Waals surface area (Å²) < 4.78 is 55.4. The molecule has 2 aliphatic heterocycles. The first kappa shape index (κ1) is 41.8. The van der Waals surface area contributed by atoms with Crippen LogP contribution in [-0.4, -0.2) is 84.2 Å². The fourth-order valence-corrected chi connectivity index (χ4v) is 8.25. The Morgan fingerprint density at radius 2 is 0.881 bits per heavy atom. The third-order valence-corrected chi connectivity index (χ3v) is 11.4. The summed E-state index contributed by atoms with van der Waals surface area (Å²) in [6.45, 7) is 2.48. The van der Waals surface area contributed by atoms with Crippen LogP contribution >= 0.6 is 0 Å². The SMILES string of the molecule is COc1cc(OC)c(CN2C(CC(CC3OC[C@@H](c4ccccc4)N3Cc3c(OC)cc(OC)cc3OC)OCc3ccccc3)OC[C@H]2c2ccccc2)c(OC)c1. The molecule has 2 heterocycles. The molecule has 59 heavy (non-hydrogen) atoms. The summed E-state index contributed by atoms with van der Waals surface area (Å²) in [6.07, 6.45) is 0.280. The quantitative estimate of drug-likeness (QED) is 0.0805. The van der Waals surface area contributed by atoms with Crippen LogP contribution < -0.4 is 28.4 Å². The van der Waals surface area contributed by atoms with Gasteiger partial charge in [0.1, 0.15) is 47.0 Å². The normalized spacial score (nSPS) is 20.0. The smallest absolute Gasteiger partial charge is 0.130 e. The van der Waals surface area contributed by atoms with Gasteiger partial charge in [0.2, 0.25) is 0 Å². The maximum absolute atomic E-state index is 6.93. The topological polar surface area (TPSA) is 89.6 Å². The third kappa shape index (κ3) is 9.78. The second-order valence-electron chi connectivity index (χ2n) is 14.7. The number of benzene rings is 5. The predicted molar refractivity (Wildman–Crippen MR) is 225 cm³/mol. The summed E-state index contributed by atoms with van der Waals surface area (Å²) in [5, 5.41) is 0. The Labute approximate surface area is 348 Å². The first-order chi connectivity index (χ1) is 29.0. The lowest BCUT2D eigenvalue weighted by Gasteiger charge is -2.34. The van der Waals surface area contributed by atoms with E-state index in [0.29, 0.717) is 80.2 Å². The first-order valence-electron chi connectivity index (χ1n) is 20.0. The van der Waals surface area contributed by atoms with Gasteiger partial charge in [0.25, 0.3) is 0 Å². The van der Waals surface area contributed by atoms with Gasteiger partial charge in [-0.05, 0) is 16.7 Å². The fraction of sp³-hybridized carbons (Fsp3) is 0.375. The van der Waals surface area contributed by atoms with Crippen molar-refractivity contribution in [3.63, 3.8) is 0 Å². The van der Waals surface area contributed by atoms with Crippen LogP contribution in [-0.2, 0) is 33.9 Å². The van der Waals surface area contributed by atoms with E-state index in [9.17, 15) is 0 Å². The highest BCUT2D eigenvalue weighted by molar-refractivity contribution is 5.52. The Balaban J connectivity index is 1.23. The highest BCUT2D eigenvalue weighted by Gasteiger charge is 2.42. The molecule has 7 rings (SSSR count). The highest BCUT2D eigenvalue weighted by atomic mass is 16.5. The minimum atomic E-state index is -0.306. The molecule has 5 aromatic rings. The second kappa shape index (κ2) is 20.1. The molecule has 312 valence electrons. The monoisotopic (exact) mass is 804 g/mol. The minimum Gasteiger partial charge on any atom is -0.496 e. The maximum Gasteiger partial charge on any atom is 0.130 e. The number of ether oxygens (including phenoxy) is 9. The van der Waals surface area contributed by atoms with Crippen LogP contribution in [0.2, 0.25) is 0 Å². The average Bonchev–Trinajstić information content (AvgIpc) is 3.88. The Kier molecular flexibility index (Phi) is 14.3. The van der Waals surface area contributed by atoms with Crippen molar-refractivity contribution >= 4 is 0 Å². The lowest BCUT2D eigenvalue weighted by atomic mass is 10.0. The van der Waals surface area contributed by atoms with E-state index < -0.39 is 0 Å². The largest absolute Gasteiger partial charge is 0.496 e. The molecule has 0 radical (unpaired) electrons. The Morgan fingerprint density at radius 3 is 1.24 bits per heavy atom. The maximum atomic E-state index is 6.93.